The number of fused-ring (bicyclic) bond motifs is 3. The Morgan fingerprint density at radius 3 is 2.19 bits per heavy atom. The lowest BCUT2D eigenvalue weighted by molar-refractivity contribution is 0.143. The standard InChI is InChI=1S/C25H18ClF2NO2/c26-24-22(27)13-16(14-23(24)28)7-5-6-12-29-25(30)31-15-21-19-10-3-1-8-17(19)18-9-2-4-11-20(18)21/h1-4,8-11,13-14,21H,6,12,15H2,(H,29,30). The molecule has 0 heterocycles. The van der Waals surface area contributed by atoms with Crippen molar-refractivity contribution in [1.82, 2.24) is 5.32 Å². The first kappa shape index (κ1) is 20.9. The van der Waals surface area contributed by atoms with Crippen LogP contribution in [0.4, 0.5) is 13.6 Å². The fourth-order valence-electron chi connectivity index (χ4n) is 3.67. The maximum Gasteiger partial charge on any atom is 0.407 e. The van der Waals surface area contributed by atoms with Gasteiger partial charge in [0.1, 0.15) is 23.3 Å². The molecule has 0 saturated carbocycles. The summed E-state index contributed by atoms with van der Waals surface area (Å²) in [6.07, 6.45) is -0.233. The highest BCUT2D eigenvalue weighted by molar-refractivity contribution is 6.30. The quantitative estimate of drug-likeness (QED) is 0.313. The van der Waals surface area contributed by atoms with Crippen LogP contribution in [0.25, 0.3) is 11.1 Å². The highest BCUT2D eigenvalue weighted by atomic mass is 35.5. The molecule has 0 saturated heterocycles. The largest absolute Gasteiger partial charge is 0.449 e. The second-order valence-electron chi connectivity index (χ2n) is 7.06. The van der Waals surface area contributed by atoms with Crippen molar-refractivity contribution in [3.63, 3.8) is 0 Å². The summed E-state index contributed by atoms with van der Waals surface area (Å²) in [7, 11) is 0. The van der Waals surface area contributed by atoms with E-state index in [-0.39, 0.29) is 24.6 Å². The molecule has 3 aromatic rings. The second kappa shape index (κ2) is 9.20. The zero-order chi connectivity index (χ0) is 21.8. The number of rotatable bonds is 4. The van der Waals surface area contributed by atoms with E-state index in [0.29, 0.717) is 6.42 Å². The number of nitrogens with one attached hydrogen (secondary N) is 1. The minimum Gasteiger partial charge on any atom is -0.449 e. The van der Waals surface area contributed by atoms with Gasteiger partial charge in [0.2, 0.25) is 0 Å². The number of carbonyl (C=O) groups is 1. The van der Waals surface area contributed by atoms with Crippen molar-refractivity contribution in [2.45, 2.75) is 12.3 Å². The Hall–Kier alpha value is -3.36. The van der Waals surface area contributed by atoms with Crippen molar-refractivity contribution < 1.29 is 18.3 Å². The normalized spacial score (nSPS) is 11.8. The van der Waals surface area contributed by atoms with Gasteiger partial charge in [-0.25, -0.2) is 13.6 Å². The van der Waals surface area contributed by atoms with Crippen LogP contribution in [-0.2, 0) is 4.74 Å². The zero-order valence-electron chi connectivity index (χ0n) is 16.4. The highest BCUT2D eigenvalue weighted by Gasteiger charge is 2.28. The van der Waals surface area contributed by atoms with Crippen molar-refractivity contribution in [3.8, 4) is 23.0 Å². The van der Waals surface area contributed by atoms with E-state index >= 15 is 0 Å². The lowest BCUT2D eigenvalue weighted by Gasteiger charge is -2.14. The summed E-state index contributed by atoms with van der Waals surface area (Å²) in [4.78, 5) is 12.1. The van der Waals surface area contributed by atoms with E-state index in [1.165, 1.54) is 0 Å². The van der Waals surface area contributed by atoms with Crippen molar-refractivity contribution in [1.29, 1.82) is 0 Å². The Morgan fingerprint density at radius 2 is 1.58 bits per heavy atom. The van der Waals surface area contributed by atoms with Gasteiger partial charge in [0.25, 0.3) is 0 Å². The monoisotopic (exact) mass is 437 g/mol. The van der Waals surface area contributed by atoms with Crippen molar-refractivity contribution in [3.05, 3.63) is 94.0 Å². The van der Waals surface area contributed by atoms with Gasteiger partial charge in [-0.05, 0) is 34.4 Å². The highest BCUT2D eigenvalue weighted by Crippen LogP contribution is 2.44. The molecule has 1 N–H and O–H groups in total. The summed E-state index contributed by atoms with van der Waals surface area (Å²) in [5, 5.41) is 2.09. The second-order valence-corrected chi connectivity index (χ2v) is 7.44. The Balaban J connectivity index is 1.29. The summed E-state index contributed by atoms with van der Waals surface area (Å²) < 4.78 is 32.2. The number of benzene rings is 3. The average molecular weight is 438 g/mol. The third-order valence-corrected chi connectivity index (χ3v) is 5.44. The molecular weight excluding hydrogens is 420 g/mol. The Kier molecular flexibility index (Phi) is 6.20. The summed E-state index contributed by atoms with van der Waals surface area (Å²) in [5.74, 6) is 3.68. The first-order valence-electron chi connectivity index (χ1n) is 9.77. The molecule has 4 rings (SSSR count). The average Bonchev–Trinajstić information content (AvgIpc) is 3.09. The Morgan fingerprint density at radius 1 is 1.00 bits per heavy atom. The Labute approximate surface area is 184 Å². The predicted molar refractivity (Wildman–Crippen MR) is 116 cm³/mol. The van der Waals surface area contributed by atoms with Crippen LogP contribution in [0.5, 0.6) is 0 Å². The molecular formula is C25H18ClF2NO2. The molecule has 1 amide bonds. The van der Waals surface area contributed by atoms with Gasteiger partial charge in [-0.3, -0.25) is 0 Å². The van der Waals surface area contributed by atoms with Crippen LogP contribution < -0.4 is 5.32 Å². The third-order valence-electron chi connectivity index (χ3n) is 5.08. The molecule has 0 aliphatic heterocycles. The number of alkyl carbamates (subject to hydrolysis) is 1. The Bertz CT molecular complexity index is 1130. The molecule has 1 aliphatic rings. The fraction of sp³-hybridized carbons (Fsp3) is 0.160. The lowest BCUT2D eigenvalue weighted by Crippen LogP contribution is -2.26. The van der Waals surface area contributed by atoms with E-state index in [9.17, 15) is 13.6 Å². The number of halogens is 3. The van der Waals surface area contributed by atoms with Gasteiger partial charge in [-0.1, -0.05) is 72.0 Å². The number of carbonyl (C=O) groups excluding carboxylic acids is 1. The summed E-state index contributed by atoms with van der Waals surface area (Å²) >= 11 is 5.44. The SMILES string of the molecule is O=C(NCCC#Cc1cc(F)c(Cl)c(F)c1)OCC1c2ccccc2-c2ccccc21. The molecule has 6 heteroatoms. The summed E-state index contributed by atoms with van der Waals surface area (Å²) in [5.41, 5.74) is 4.80. The molecule has 0 bridgehead atoms. The number of amides is 1. The molecule has 0 aromatic heterocycles. The number of ether oxygens (including phenoxy) is 1. The summed E-state index contributed by atoms with van der Waals surface area (Å²) in [6, 6.07) is 18.4. The molecule has 0 atom stereocenters. The van der Waals surface area contributed by atoms with Crippen LogP contribution in [0, 0.1) is 23.5 Å². The first-order chi connectivity index (χ1) is 15.0. The molecule has 31 heavy (non-hydrogen) atoms. The zero-order valence-corrected chi connectivity index (χ0v) is 17.2. The molecule has 3 aromatic carbocycles. The third kappa shape index (κ3) is 4.55. The van der Waals surface area contributed by atoms with Gasteiger partial charge in [-0.2, -0.15) is 0 Å². The maximum atomic E-state index is 13.4. The molecule has 156 valence electrons. The van der Waals surface area contributed by atoms with Gasteiger partial charge in [0, 0.05) is 24.4 Å². The summed E-state index contributed by atoms with van der Waals surface area (Å²) in [6.45, 7) is 0.483. The molecule has 0 fully saturated rings. The molecule has 0 radical (unpaired) electrons. The molecule has 0 spiro atoms. The molecule has 3 nitrogen and oxygen atoms in total. The number of hydrogen-bond acceptors (Lipinski definition) is 2. The van der Waals surface area contributed by atoms with Crippen LogP contribution in [0.3, 0.4) is 0 Å². The maximum absolute atomic E-state index is 13.4. The van der Waals surface area contributed by atoms with Crippen molar-refractivity contribution >= 4 is 17.7 Å². The minimum absolute atomic E-state index is 0.00682. The van der Waals surface area contributed by atoms with E-state index in [2.05, 4.69) is 41.4 Å². The van der Waals surface area contributed by atoms with Gasteiger partial charge >= 0.3 is 6.09 Å². The number of hydrogen-bond donors (Lipinski definition) is 1. The predicted octanol–water partition coefficient (Wildman–Crippen LogP) is 5.90. The van der Waals surface area contributed by atoms with E-state index < -0.39 is 22.8 Å². The van der Waals surface area contributed by atoms with Gasteiger partial charge < -0.3 is 10.1 Å². The van der Waals surface area contributed by atoms with Gasteiger partial charge in [0.05, 0.1) is 0 Å². The van der Waals surface area contributed by atoms with E-state index in [1.54, 1.807) is 0 Å². The van der Waals surface area contributed by atoms with E-state index in [4.69, 9.17) is 16.3 Å². The minimum atomic E-state index is -0.859. The smallest absolute Gasteiger partial charge is 0.407 e. The van der Waals surface area contributed by atoms with Crippen LogP contribution in [0.1, 0.15) is 29.0 Å². The van der Waals surface area contributed by atoms with Crippen LogP contribution in [0.15, 0.2) is 60.7 Å². The van der Waals surface area contributed by atoms with Crippen molar-refractivity contribution in [2.75, 3.05) is 13.2 Å². The van der Waals surface area contributed by atoms with Crippen molar-refractivity contribution in [2.24, 2.45) is 0 Å². The van der Waals surface area contributed by atoms with Gasteiger partial charge in [0.15, 0.2) is 0 Å². The van der Waals surface area contributed by atoms with Crippen LogP contribution in [-0.4, -0.2) is 19.2 Å². The molecule has 1 aliphatic carbocycles. The van der Waals surface area contributed by atoms with Gasteiger partial charge in [-0.15, -0.1) is 0 Å². The topological polar surface area (TPSA) is 38.3 Å². The van der Waals surface area contributed by atoms with E-state index in [0.717, 1.165) is 34.4 Å². The van der Waals surface area contributed by atoms with Crippen LogP contribution in [0.2, 0.25) is 5.02 Å². The fourth-order valence-corrected chi connectivity index (χ4v) is 3.78. The molecule has 0 unspecified atom stereocenters. The lowest BCUT2D eigenvalue weighted by atomic mass is 9.98. The van der Waals surface area contributed by atoms with E-state index in [1.807, 2.05) is 24.3 Å². The van der Waals surface area contributed by atoms with Crippen LogP contribution >= 0.6 is 11.6 Å². The first-order valence-corrected chi connectivity index (χ1v) is 10.1.